The van der Waals surface area contributed by atoms with Gasteiger partial charge >= 0.3 is 5.97 Å². The van der Waals surface area contributed by atoms with Gasteiger partial charge in [-0.25, -0.2) is 0 Å². The lowest BCUT2D eigenvalue weighted by Gasteiger charge is -2.26. The molecule has 0 heterocycles. The van der Waals surface area contributed by atoms with Gasteiger partial charge in [0.2, 0.25) is 0 Å². The van der Waals surface area contributed by atoms with Gasteiger partial charge in [0.1, 0.15) is 0 Å². The number of hydrogen-bond acceptors (Lipinski definition) is 3. The summed E-state index contributed by atoms with van der Waals surface area (Å²) in [5.41, 5.74) is 1.71. The number of carbonyl (C=O) groups is 1. The summed E-state index contributed by atoms with van der Waals surface area (Å²) < 4.78 is 0. The molecule has 0 aliphatic heterocycles. The standard InChI is InChI=1S/C14H18N2O2/c1-10(14(17)18)9-16(3)11(2)13-6-4-12(8-15)5-7-13/h4-7,10-11H,9H2,1-3H3,(H,17,18). The molecule has 0 spiro atoms. The number of carboxylic acids is 1. The minimum atomic E-state index is -0.783. The van der Waals surface area contributed by atoms with Crippen LogP contribution in [0.2, 0.25) is 0 Å². The molecular formula is C14H18N2O2. The summed E-state index contributed by atoms with van der Waals surface area (Å²) in [6.07, 6.45) is 0. The van der Waals surface area contributed by atoms with Crippen molar-refractivity contribution in [3.05, 3.63) is 35.4 Å². The van der Waals surface area contributed by atoms with Gasteiger partial charge < -0.3 is 5.11 Å². The van der Waals surface area contributed by atoms with E-state index in [-0.39, 0.29) is 6.04 Å². The van der Waals surface area contributed by atoms with Gasteiger partial charge in [-0.05, 0) is 31.7 Å². The van der Waals surface area contributed by atoms with E-state index in [1.807, 2.05) is 31.0 Å². The van der Waals surface area contributed by atoms with Gasteiger partial charge in [0.25, 0.3) is 0 Å². The Hall–Kier alpha value is -1.86. The minimum Gasteiger partial charge on any atom is -0.481 e. The third kappa shape index (κ3) is 3.57. The fourth-order valence-corrected chi connectivity index (χ4v) is 1.76. The summed E-state index contributed by atoms with van der Waals surface area (Å²) in [6.45, 7) is 4.22. The van der Waals surface area contributed by atoms with Crippen LogP contribution in [0, 0.1) is 17.2 Å². The number of nitriles is 1. The molecule has 96 valence electrons. The second-order valence-corrected chi connectivity index (χ2v) is 4.59. The molecule has 0 bridgehead atoms. The molecule has 2 atom stereocenters. The van der Waals surface area contributed by atoms with E-state index >= 15 is 0 Å². The van der Waals surface area contributed by atoms with Gasteiger partial charge in [0, 0.05) is 12.6 Å². The molecule has 0 fully saturated rings. The SMILES string of the molecule is CC(CN(C)C(C)c1ccc(C#N)cc1)C(=O)O. The molecule has 4 nitrogen and oxygen atoms in total. The molecular weight excluding hydrogens is 228 g/mol. The number of aliphatic carboxylic acids is 1. The zero-order valence-electron chi connectivity index (χ0n) is 10.9. The van der Waals surface area contributed by atoms with Gasteiger partial charge in [0.15, 0.2) is 0 Å². The lowest BCUT2D eigenvalue weighted by atomic mass is 10.0. The highest BCUT2D eigenvalue weighted by atomic mass is 16.4. The molecule has 2 unspecified atom stereocenters. The minimum absolute atomic E-state index is 0.125. The molecule has 4 heteroatoms. The third-order valence-electron chi connectivity index (χ3n) is 3.17. The van der Waals surface area contributed by atoms with Crippen LogP contribution in [-0.2, 0) is 4.79 Å². The van der Waals surface area contributed by atoms with Crippen LogP contribution in [0.1, 0.15) is 31.0 Å². The number of hydrogen-bond donors (Lipinski definition) is 1. The molecule has 0 aromatic heterocycles. The van der Waals surface area contributed by atoms with E-state index < -0.39 is 11.9 Å². The first-order chi connectivity index (χ1) is 8.45. The largest absolute Gasteiger partial charge is 0.481 e. The predicted octanol–water partition coefficient (Wildman–Crippen LogP) is 2.27. The van der Waals surface area contributed by atoms with E-state index in [1.54, 1.807) is 19.1 Å². The summed E-state index contributed by atoms with van der Waals surface area (Å²) in [5, 5.41) is 17.6. The van der Waals surface area contributed by atoms with Crippen molar-refractivity contribution in [1.82, 2.24) is 4.90 Å². The molecule has 0 aliphatic carbocycles. The molecule has 1 aromatic rings. The highest BCUT2D eigenvalue weighted by Crippen LogP contribution is 2.20. The Balaban J connectivity index is 2.71. The van der Waals surface area contributed by atoms with Crippen LogP contribution >= 0.6 is 0 Å². The third-order valence-corrected chi connectivity index (χ3v) is 3.17. The van der Waals surface area contributed by atoms with Gasteiger partial charge in [0.05, 0.1) is 17.6 Å². The van der Waals surface area contributed by atoms with Crippen LogP contribution in [0.5, 0.6) is 0 Å². The van der Waals surface area contributed by atoms with Crippen molar-refractivity contribution in [2.24, 2.45) is 5.92 Å². The zero-order valence-corrected chi connectivity index (χ0v) is 10.9. The summed E-state index contributed by atoms with van der Waals surface area (Å²) in [7, 11) is 1.91. The maximum Gasteiger partial charge on any atom is 0.307 e. The van der Waals surface area contributed by atoms with Crippen molar-refractivity contribution in [2.75, 3.05) is 13.6 Å². The van der Waals surface area contributed by atoms with E-state index in [2.05, 4.69) is 6.07 Å². The van der Waals surface area contributed by atoms with Crippen LogP contribution in [0.3, 0.4) is 0 Å². The van der Waals surface area contributed by atoms with Crippen LogP contribution in [0.15, 0.2) is 24.3 Å². The number of carboxylic acid groups (broad SMARTS) is 1. The lowest BCUT2D eigenvalue weighted by molar-refractivity contribution is -0.141. The lowest BCUT2D eigenvalue weighted by Crippen LogP contribution is -2.30. The van der Waals surface area contributed by atoms with Crippen molar-refractivity contribution in [2.45, 2.75) is 19.9 Å². The Morgan fingerprint density at radius 1 is 1.39 bits per heavy atom. The Morgan fingerprint density at radius 3 is 2.39 bits per heavy atom. The average molecular weight is 246 g/mol. The maximum absolute atomic E-state index is 10.8. The monoisotopic (exact) mass is 246 g/mol. The molecule has 0 saturated carbocycles. The molecule has 18 heavy (non-hydrogen) atoms. The highest BCUT2D eigenvalue weighted by Gasteiger charge is 2.18. The number of benzene rings is 1. The first kappa shape index (κ1) is 14.2. The maximum atomic E-state index is 10.8. The van der Waals surface area contributed by atoms with E-state index in [4.69, 9.17) is 10.4 Å². The molecule has 0 aliphatic rings. The Morgan fingerprint density at radius 2 is 1.94 bits per heavy atom. The first-order valence-corrected chi connectivity index (χ1v) is 5.88. The fourth-order valence-electron chi connectivity index (χ4n) is 1.76. The zero-order chi connectivity index (χ0) is 13.7. The quantitative estimate of drug-likeness (QED) is 0.865. The molecule has 0 saturated heterocycles. The van der Waals surface area contributed by atoms with Crippen molar-refractivity contribution in [3.63, 3.8) is 0 Å². The first-order valence-electron chi connectivity index (χ1n) is 5.88. The smallest absolute Gasteiger partial charge is 0.307 e. The van der Waals surface area contributed by atoms with Crippen LogP contribution < -0.4 is 0 Å². The second-order valence-electron chi connectivity index (χ2n) is 4.59. The van der Waals surface area contributed by atoms with Crippen LogP contribution in [0.25, 0.3) is 0 Å². The van der Waals surface area contributed by atoms with Crippen LogP contribution in [0.4, 0.5) is 0 Å². The number of rotatable bonds is 5. The molecule has 0 radical (unpaired) electrons. The summed E-state index contributed by atoms with van der Waals surface area (Å²) in [6, 6.07) is 9.57. The van der Waals surface area contributed by atoms with Crippen molar-refractivity contribution in [3.8, 4) is 6.07 Å². The summed E-state index contributed by atoms with van der Waals surface area (Å²) in [4.78, 5) is 12.8. The molecule has 0 amide bonds. The van der Waals surface area contributed by atoms with Gasteiger partial charge in [-0.3, -0.25) is 9.69 Å². The van der Waals surface area contributed by atoms with E-state index in [0.717, 1.165) is 5.56 Å². The van der Waals surface area contributed by atoms with Gasteiger partial charge in [-0.15, -0.1) is 0 Å². The Kier molecular flexibility index (Phi) is 4.87. The van der Waals surface area contributed by atoms with Crippen molar-refractivity contribution >= 4 is 5.97 Å². The highest BCUT2D eigenvalue weighted by molar-refractivity contribution is 5.69. The van der Waals surface area contributed by atoms with Gasteiger partial charge in [-0.1, -0.05) is 19.1 Å². The average Bonchev–Trinajstić information content (AvgIpc) is 2.37. The summed E-state index contributed by atoms with van der Waals surface area (Å²) >= 11 is 0. The Labute approximate surface area is 107 Å². The number of nitrogens with zero attached hydrogens (tertiary/aromatic N) is 2. The topological polar surface area (TPSA) is 64.3 Å². The normalized spacial score (nSPS) is 13.9. The van der Waals surface area contributed by atoms with E-state index in [0.29, 0.717) is 12.1 Å². The molecule has 1 N–H and O–H groups in total. The van der Waals surface area contributed by atoms with E-state index in [1.165, 1.54) is 0 Å². The van der Waals surface area contributed by atoms with Gasteiger partial charge in [-0.2, -0.15) is 5.26 Å². The van der Waals surface area contributed by atoms with Crippen molar-refractivity contribution < 1.29 is 9.90 Å². The van der Waals surface area contributed by atoms with Crippen LogP contribution in [-0.4, -0.2) is 29.6 Å². The Bertz CT molecular complexity index is 448. The molecule has 1 rings (SSSR count). The second kappa shape index (κ2) is 6.18. The predicted molar refractivity (Wildman–Crippen MR) is 69.0 cm³/mol. The summed E-state index contributed by atoms with van der Waals surface area (Å²) in [5.74, 6) is -1.18. The van der Waals surface area contributed by atoms with Crippen molar-refractivity contribution in [1.29, 1.82) is 5.26 Å². The fraction of sp³-hybridized carbons (Fsp3) is 0.429. The van der Waals surface area contributed by atoms with E-state index in [9.17, 15) is 4.79 Å². The molecule has 1 aromatic carbocycles.